The van der Waals surface area contributed by atoms with E-state index in [-0.39, 0.29) is 0 Å². The maximum Gasteiger partial charge on any atom is 0.203 e. The van der Waals surface area contributed by atoms with Crippen LogP contribution in [0.3, 0.4) is 0 Å². The zero-order valence-corrected chi connectivity index (χ0v) is 13.3. The van der Waals surface area contributed by atoms with Crippen LogP contribution in [-0.4, -0.2) is 30.9 Å². The van der Waals surface area contributed by atoms with Crippen molar-refractivity contribution in [1.29, 1.82) is 0 Å². The number of methoxy groups -OCH3 is 3. The largest absolute Gasteiger partial charge is 0.493 e. The van der Waals surface area contributed by atoms with Crippen LogP contribution >= 0.6 is 0 Å². The summed E-state index contributed by atoms with van der Waals surface area (Å²) in [6.45, 7) is 5.94. The van der Waals surface area contributed by atoms with Crippen molar-refractivity contribution in [2.45, 2.75) is 13.3 Å². The highest BCUT2D eigenvalue weighted by Crippen LogP contribution is 2.39. The number of hydrogen-bond acceptors (Lipinski definition) is 5. The Labute approximate surface area is 130 Å². The van der Waals surface area contributed by atoms with Gasteiger partial charge in [0.1, 0.15) is 12.1 Å². The quantitative estimate of drug-likeness (QED) is 0.851. The lowest BCUT2D eigenvalue weighted by Gasteiger charge is -2.14. The first-order valence-electron chi connectivity index (χ1n) is 6.92. The van der Waals surface area contributed by atoms with E-state index in [1.165, 1.54) is 0 Å². The number of hydrogen-bond donors (Lipinski definition) is 1. The summed E-state index contributed by atoms with van der Waals surface area (Å²) >= 11 is 0. The number of imidazole rings is 1. The van der Waals surface area contributed by atoms with Crippen molar-refractivity contribution in [2.24, 2.45) is 0 Å². The van der Waals surface area contributed by atoms with Crippen molar-refractivity contribution in [3.63, 3.8) is 0 Å². The van der Waals surface area contributed by atoms with Crippen molar-refractivity contribution < 1.29 is 14.2 Å². The molecule has 0 radical (unpaired) electrons. The van der Waals surface area contributed by atoms with E-state index in [9.17, 15) is 0 Å². The number of ether oxygens (including phenoxy) is 3. The molecule has 6 heteroatoms. The molecule has 118 valence electrons. The molecule has 2 aromatic rings. The van der Waals surface area contributed by atoms with Gasteiger partial charge in [0.2, 0.25) is 5.75 Å². The van der Waals surface area contributed by atoms with Crippen LogP contribution in [0.4, 0.5) is 5.82 Å². The van der Waals surface area contributed by atoms with Crippen LogP contribution in [0.2, 0.25) is 0 Å². The molecule has 0 amide bonds. The van der Waals surface area contributed by atoms with Gasteiger partial charge in [0.05, 0.1) is 33.2 Å². The lowest BCUT2D eigenvalue weighted by Crippen LogP contribution is -1.99. The molecular formula is C16H21N3O3. The molecule has 0 aliphatic carbocycles. The van der Waals surface area contributed by atoms with E-state index in [1.54, 1.807) is 27.7 Å². The zero-order valence-electron chi connectivity index (χ0n) is 13.3. The van der Waals surface area contributed by atoms with Gasteiger partial charge in [-0.2, -0.15) is 0 Å². The summed E-state index contributed by atoms with van der Waals surface area (Å²) in [7, 11) is 4.76. The van der Waals surface area contributed by atoms with Crippen molar-refractivity contribution in [3.8, 4) is 22.9 Å². The van der Waals surface area contributed by atoms with Crippen LogP contribution < -0.4 is 19.5 Å². The molecule has 1 N–H and O–H groups in total. The lowest BCUT2D eigenvalue weighted by atomic mass is 10.2. The molecule has 0 unspecified atom stereocenters. The van der Waals surface area contributed by atoms with Crippen molar-refractivity contribution in [1.82, 2.24) is 9.55 Å². The molecule has 0 fully saturated rings. The second-order valence-corrected chi connectivity index (χ2v) is 4.63. The van der Waals surface area contributed by atoms with Crippen LogP contribution in [0.5, 0.6) is 17.2 Å². The Hall–Kier alpha value is -2.63. The summed E-state index contributed by atoms with van der Waals surface area (Å²) in [6.07, 6.45) is 4.44. The van der Waals surface area contributed by atoms with Crippen molar-refractivity contribution in [3.05, 3.63) is 36.9 Å². The Balaban J connectivity index is 2.38. The maximum absolute atomic E-state index is 5.36. The van der Waals surface area contributed by atoms with Crippen LogP contribution in [0.15, 0.2) is 36.9 Å². The summed E-state index contributed by atoms with van der Waals surface area (Å²) in [4.78, 5) is 4.31. The van der Waals surface area contributed by atoms with Crippen LogP contribution in [0.25, 0.3) is 5.69 Å². The van der Waals surface area contributed by atoms with Crippen LogP contribution in [-0.2, 0) is 0 Å². The summed E-state index contributed by atoms with van der Waals surface area (Å²) < 4.78 is 17.9. The normalized spacial score (nSPS) is 10.2. The summed E-state index contributed by atoms with van der Waals surface area (Å²) in [6, 6.07) is 3.73. The monoisotopic (exact) mass is 303 g/mol. The lowest BCUT2D eigenvalue weighted by molar-refractivity contribution is 0.324. The average molecular weight is 303 g/mol. The number of nitrogens with zero attached hydrogens (tertiary/aromatic N) is 2. The number of anilines is 1. The smallest absolute Gasteiger partial charge is 0.203 e. The predicted molar refractivity (Wildman–Crippen MR) is 86.3 cm³/mol. The molecule has 0 bridgehead atoms. The van der Waals surface area contributed by atoms with Gasteiger partial charge < -0.3 is 24.1 Å². The highest BCUT2D eigenvalue weighted by atomic mass is 16.5. The maximum atomic E-state index is 5.36. The van der Waals surface area contributed by atoms with Gasteiger partial charge >= 0.3 is 0 Å². The summed E-state index contributed by atoms with van der Waals surface area (Å²) in [5.74, 6) is 2.49. The molecule has 0 aliphatic heterocycles. The van der Waals surface area contributed by atoms with Crippen LogP contribution in [0.1, 0.15) is 13.3 Å². The molecule has 0 aliphatic rings. The molecule has 0 spiro atoms. The first-order valence-corrected chi connectivity index (χ1v) is 6.92. The average Bonchev–Trinajstić information content (AvgIpc) is 3.01. The van der Waals surface area contributed by atoms with E-state index in [2.05, 4.69) is 16.9 Å². The zero-order chi connectivity index (χ0) is 16.1. The fraction of sp³-hybridized carbons (Fsp3) is 0.312. The fourth-order valence-corrected chi connectivity index (χ4v) is 2.01. The van der Waals surface area contributed by atoms with Gasteiger partial charge in [-0.25, -0.2) is 4.98 Å². The van der Waals surface area contributed by atoms with Gasteiger partial charge in [0.15, 0.2) is 11.5 Å². The third kappa shape index (κ3) is 3.16. The predicted octanol–water partition coefficient (Wildman–Crippen LogP) is 3.23. The number of nitrogens with one attached hydrogen (secondary N) is 1. The highest BCUT2D eigenvalue weighted by molar-refractivity contribution is 5.58. The van der Waals surface area contributed by atoms with Gasteiger partial charge in [-0.3, -0.25) is 0 Å². The molecule has 1 aromatic heterocycles. The number of allylic oxidation sites excluding steroid dienone is 1. The molecule has 2 rings (SSSR count). The van der Waals surface area contributed by atoms with Gasteiger partial charge in [0.25, 0.3) is 0 Å². The van der Waals surface area contributed by atoms with E-state index in [4.69, 9.17) is 14.2 Å². The minimum absolute atomic E-state index is 0.562. The Morgan fingerprint density at radius 3 is 2.32 bits per heavy atom. The summed E-state index contributed by atoms with van der Waals surface area (Å²) in [5, 5.41) is 3.15. The molecule has 6 nitrogen and oxygen atoms in total. The van der Waals surface area contributed by atoms with Gasteiger partial charge in [-0.05, 0) is 6.42 Å². The fourth-order valence-electron chi connectivity index (χ4n) is 2.01. The molecule has 1 aromatic carbocycles. The number of aromatic nitrogens is 2. The Kier molecular flexibility index (Phi) is 4.93. The van der Waals surface area contributed by atoms with Crippen molar-refractivity contribution >= 4 is 5.82 Å². The SMILES string of the molecule is C=C(CC)Nc1cn(-c2cc(OC)c(OC)c(OC)c2)cn1. The second-order valence-electron chi connectivity index (χ2n) is 4.63. The Bertz CT molecular complexity index is 639. The number of rotatable bonds is 7. The van der Waals surface area contributed by atoms with E-state index < -0.39 is 0 Å². The highest BCUT2D eigenvalue weighted by Gasteiger charge is 2.14. The first-order chi connectivity index (χ1) is 10.6. The minimum Gasteiger partial charge on any atom is -0.493 e. The molecule has 0 saturated heterocycles. The van der Waals surface area contributed by atoms with E-state index in [0.29, 0.717) is 17.2 Å². The summed E-state index contributed by atoms with van der Waals surface area (Å²) in [5.41, 5.74) is 1.77. The third-order valence-corrected chi connectivity index (χ3v) is 3.26. The Morgan fingerprint density at radius 2 is 1.82 bits per heavy atom. The molecule has 0 atom stereocenters. The molecule has 22 heavy (non-hydrogen) atoms. The first kappa shape index (κ1) is 15.8. The topological polar surface area (TPSA) is 57.5 Å². The molecule has 0 saturated carbocycles. The van der Waals surface area contributed by atoms with Gasteiger partial charge in [0, 0.05) is 17.8 Å². The standard InChI is InChI=1S/C16H21N3O3/c1-6-11(2)18-15-9-19(10-17-15)12-7-13(20-3)16(22-5)14(8-12)21-4/h7-10,18H,2,6H2,1,3-5H3. The third-order valence-electron chi connectivity index (χ3n) is 3.26. The van der Waals surface area contributed by atoms with Crippen LogP contribution in [0, 0.1) is 0 Å². The molecular weight excluding hydrogens is 282 g/mol. The van der Waals surface area contributed by atoms with Gasteiger partial charge in [-0.15, -0.1) is 0 Å². The van der Waals surface area contributed by atoms with E-state index in [0.717, 1.165) is 23.6 Å². The second kappa shape index (κ2) is 6.89. The minimum atomic E-state index is 0.562. The molecule has 1 heterocycles. The van der Waals surface area contributed by atoms with Crippen molar-refractivity contribution in [2.75, 3.05) is 26.6 Å². The Morgan fingerprint density at radius 1 is 1.18 bits per heavy atom. The van der Waals surface area contributed by atoms with Gasteiger partial charge in [-0.1, -0.05) is 13.5 Å². The van der Waals surface area contributed by atoms with E-state index >= 15 is 0 Å². The van der Waals surface area contributed by atoms with E-state index in [1.807, 2.05) is 29.8 Å². The number of benzene rings is 1.